The molecule has 0 radical (unpaired) electrons. The molecule has 0 aromatic heterocycles. The summed E-state index contributed by atoms with van der Waals surface area (Å²) < 4.78 is 22.7. The number of benzene rings is 1. The van der Waals surface area contributed by atoms with Gasteiger partial charge >= 0.3 is 0 Å². The second-order valence-corrected chi connectivity index (χ2v) is 8.34. The Morgan fingerprint density at radius 1 is 1.25 bits per heavy atom. The Labute approximate surface area is 125 Å². The number of carbonyl (C=O) groups is 1. The third-order valence-electron chi connectivity index (χ3n) is 2.76. The second kappa shape index (κ2) is 7.13. The number of amides is 1. The first-order valence-electron chi connectivity index (χ1n) is 6.48. The first kappa shape index (κ1) is 17.0. The molecule has 20 heavy (non-hydrogen) atoms. The molecule has 6 heteroatoms. The number of sulfone groups is 1. The molecular formula is C14H21NO3S2. The van der Waals surface area contributed by atoms with Crippen LogP contribution in [0.1, 0.15) is 20.8 Å². The zero-order valence-electron chi connectivity index (χ0n) is 12.2. The van der Waals surface area contributed by atoms with Gasteiger partial charge in [-0.3, -0.25) is 4.79 Å². The first-order chi connectivity index (χ1) is 9.25. The van der Waals surface area contributed by atoms with Crippen LogP contribution in [0.25, 0.3) is 0 Å². The fourth-order valence-electron chi connectivity index (χ4n) is 1.75. The van der Waals surface area contributed by atoms with E-state index in [9.17, 15) is 13.2 Å². The molecule has 1 rings (SSSR count). The Morgan fingerprint density at radius 3 is 2.20 bits per heavy atom. The van der Waals surface area contributed by atoms with Crippen LogP contribution in [0.4, 0.5) is 5.69 Å². The summed E-state index contributed by atoms with van der Waals surface area (Å²) in [6.07, 6.45) is 1.16. The lowest BCUT2D eigenvalue weighted by Gasteiger charge is -2.19. The van der Waals surface area contributed by atoms with Crippen molar-refractivity contribution in [1.82, 2.24) is 0 Å². The van der Waals surface area contributed by atoms with Crippen molar-refractivity contribution >= 4 is 33.2 Å². The van der Waals surface area contributed by atoms with E-state index in [4.69, 9.17) is 0 Å². The van der Waals surface area contributed by atoms with Crippen LogP contribution in [-0.2, 0) is 14.6 Å². The van der Waals surface area contributed by atoms with Crippen LogP contribution in [0.2, 0.25) is 0 Å². The summed E-state index contributed by atoms with van der Waals surface area (Å²) in [7, 11) is -3.20. The van der Waals surface area contributed by atoms with E-state index in [2.05, 4.69) is 5.32 Å². The first-order valence-corrected chi connectivity index (χ1v) is 9.42. The van der Waals surface area contributed by atoms with Gasteiger partial charge in [-0.25, -0.2) is 8.42 Å². The maximum absolute atomic E-state index is 12.2. The van der Waals surface area contributed by atoms with Gasteiger partial charge in [0.15, 0.2) is 9.84 Å². The minimum atomic E-state index is -3.20. The number of carbonyl (C=O) groups excluding carboxylic acids is 1. The van der Waals surface area contributed by atoms with Crippen molar-refractivity contribution in [1.29, 1.82) is 0 Å². The van der Waals surface area contributed by atoms with Crippen LogP contribution >= 0.6 is 11.8 Å². The van der Waals surface area contributed by atoms with Gasteiger partial charge < -0.3 is 5.32 Å². The van der Waals surface area contributed by atoms with Crippen molar-refractivity contribution in [3.8, 4) is 0 Å². The molecule has 1 N–H and O–H groups in total. The highest BCUT2D eigenvalue weighted by Gasteiger charge is 2.22. The van der Waals surface area contributed by atoms with Crippen LogP contribution in [0.15, 0.2) is 29.2 Å². The van der Waals surface area contributed by atoms with E-state index < -0.39 is 9.84 Å². The fraction of sp³-hybridized carbons (Fsp3) is 0.500. The van der Waals surface area contributed by atoms with Crippen LogP contribution in [0, 0.1) is 5.92 Å². The predicted molar refractivity (Wildman–Crippen MR) is 84.9 cm³/mol. The van der Waals surface area contributed by atoms with Gasteiger partial charge in [-0.1, -0.05) is 20.8 Å². The molecule has 1 atom stereocenters. The summed E-state index contributed by atoms with van der Waals surface area (Å²) >= 11 is 1.61. The molecule has 0 spiro atoms. The molecule has 0 fully saturated rings. The number of rotatable bonds is 6. The summed E-state index contributed by atoms with van der Waals surface area (Å²) in [5, 5.41) is 2.73. The van der Waals surface area contributed by atoms with E-state index >= 15 is 0 Å². The Morgan fingerprint density at radius 2 is 1.80 bits per heavy atom. The Balaban J connectivity index is 2.80. The zero-order chi connectivity index (χ0) is 15.3. The molecule has 112 valence electrons. The van der Waals surface area contributed by atoms with Crippen molar-refractivity contribution in [2.45, 2.75) is 30.9 Å². The van der Waals surface area contributed by atoms with Crippen molar-refractivity contribution in [3.05, 3.63) is 24.3 Å². The summed E-state index contributed by atoms with van der Waals surface area (Å²) in [6.45, 7) is 6.05. The molecule has 0 aliphatic heterocycles. The molecule has 0 aliphatic carbocycles. The predicted octanol–water partition coefficient (Wildman–Crippen LogP) is 2.81. The summed E-state index contributed by atoms with van der Waals surface area (Å²) in [5.74, 6) is 1.08. The number of hydrogen-bond acceptors (Lipinski definition) is 4. The van der Waals surface area contributed by atoms with Crippen molar-refractivity contribution in [2.24, 2.45) is 5.92 Å². The summed E-state index contributed by atoms with van der Waals surface area (Å²) in [4.78, 5) is 12.4. The Hall–Kier alpha value is -1.01. The van der Waals surface area contributed by atoms with Crippen LogP contribution in [0.3, 0.4) is 0 Å². The van der Waals surface area contributed by atoms with Crippen molar-refractivity contribution < 1.29 is 13.2 Å². The van der Waals surface area contributed by atoms with Gasteiger partial charge in [0.25, 0.3) is 0 Å². The molecule has 0 bridgehead atoms. The highest BCUT2D eigenvalue weighted by molar-refractivity contribution is 8.00. The number of nitrogens with one attached hydrogen (secondary N) is 1. The van der Waals surface area contributed by atoms with Gasteiger partial charge in [0.1, 0.15) is 0 Å². The van der Waals surface area contributed by atoms with E-state index in [0.29, 0.717) is 5.69 Å². The van der Waals surface area contributed by atoms with Gasteiger partial charge in [0.05, 0.1) is 10.1 Å². The molecule has 1 aromatic carbocycles. The van der Waals surface area contributed by atoms with Gasteiger partial charge in [-0.15, -0.1) is 11.8 Å². The molecule has 1 unspecified atom stereocenters. The van der Waals surface area contributed by atoms with Gasteiger partial charge in [0, 0.05) is 11.9 Å². The molecule has 0 saturated carbocycles. The molecule has 1 amide bonds. The normalized spacial score (nSPS) is 13.2. The third kappa shape index (κ3) is 4.83. The van der Waals surface area contributed by atoms with E-state index in [1.54, 1.807) is 23.9 Å². The lowest BCUT2D eigenvalue weighted by Crippen LogP contribution is -2.29. The lowest BCUT2D eigenvalue weighted by molar-refractivity contribution is -0.116. The van der Waals surface area contributed by atoms with Crippen LogP contribution in [-0.4, -0.2) is 31.6 Å². The molecule has 0 heterocycles. The minimum absolute atomic E-state index is 0.0426. The summed E-state index contributed by atoms with van der Waals surface area (Å²) in [5.41, 5.74) is 0.616. The topological polar surface area (TPSA) is 63.2 Å². The highest BCUT2D eigenvalue weighted by atomic mass is 32.2. The average Bonchev–Trinajstić information content (AvgIpc) is 2.34. The second-order valence-electron chi connectivity index (χ2n) is 4.91. The summed E-state index contributed by atoms with van der Waals surface area (Å²) in [6, 6.07) is 6.23. The number of thioether (sulfide) groups is 1. The standard InChI is InChI=1S/C14H21NO3S2/c1-5-19-13(10(2)3)14(16)15-11-6-8-12(9-7-11)20(4,17)18/h6-10,13H,5H2,1-4H3,(H,15,16). The molecule has 0 saturated heterocycles. The minimum Gasteiger partial charge on any atom is -0.325 e. The van der Waals surface area contributed by atoms with E-state index in [1.165, 1.54) is 12.1 Å². The van der Waals surface area contributed by atoms with Crippen molar-refractivity contribution in [3.63, 3.8) is 0 Å². The van der Waals surface area contributed by atoms with E-state index in [1.807, 2.05) is 20.8 Å². The molecule has 4 nitrogen and oxygen atoms in total. The maximum atomic E-state index is 12.2. The SMILES string of the molecule is CCSC(C(=O)Nc1ccc(S(C)(=O)=O)cc1)C(C)C. The highest BCUT2D eigenvalue weighted by Crippen LogP contribution is 2.22. The Bertz CT molecular complexity index is 550. The largest absolute Gasteiger partial charge is 0.325 e. The number of anilines is 1. The average molecular weight is 315 g/mol. The van der Waals surface area contributed by atoms with Crippen LogP contribution < -0.4 is 5.32 Å². The molecule has 1 aromatic rings. The quantitative estimate of drug-likeness (QED) is 0.877. The Kier molecular flexibility index (Phi) is 6.07. The molecule has 0 aliphatic rings. The number of hydrogen-bond donors (Lipinski definition) is 1. The fourth-order valence-corrected chi connectivity index (χ4v) is 3.33. The molecular weight excluding hydrogens is 294 g/mol. The zero-order valence-corrected chi connectivity index (χ0v) is 13.8. The van der Waals surface area contributed by atoms with E-state index in [0.717, 1.165) is 12.0 Å². The van der Waals surface area contributed by atoms with Crippen molar-refractivity contribution in [2.75, 3.05) is 17.3 Å². The van der Waals surface area contributed by atoms with Gasteiger partial charge in [-0.2, -0.15) is 0 Å². The maximum Gasteiger partial charge on any atom is 0.237 e. The lowest BCUT2D eigenvalue weighted by atomic mass is 10.1. The van der Waals surface area contributed by atoms with Gasteiger partial charge in [0.2, 0.25) is 5.91 Å². The smallest absolute Gasteiger partial charge is 0.237 e. The third-order valence-corrected chi connectivity index (χ3v) is 5.34. The van der Waals surface area contributed by atoms with E-state index in [-0.39, 0.29) is 22.0 Å². The van der Waals surface area contributed by atoms with Crippen LogP contribution in [0.5, 0.6) is 0 Å². The van der Waals surface area contributed by atoms with Gasteiger partial charge in [-0.05, 0) is 35.9 Å². The monoisotopic (exact) mass is 315 g/mol.